The number of hydrogen-bond donors (Lipinski definition) is 0. The Morgan fingerprint density at radius 2 is 2.15 bits per heavy atom. The van der Waals surface area contributed by atoms with E-state index in [1.807, 2.05) is 0 Å². The molecule has 2 atom stereocenters. The van der Waals surface area contributed by atoms with Crippen LogP contribution in [0, 0.1) is 0 Å². The summed E-state index contributed by atoms with van der Waals surface area (Å²) < 4.78 is 10.8. The first-order valence-electron chi connectivity index (χ1n) is 5.02. The van der Waals surface area contributed by atoms with Crippen LogP contribution >= 0.6 is 0 Å². The van der Waals surface area contributed by atoms with Crippen LogP contribution in [0.15, 0.2) is 0 Å². The Labute approximate surface area is 81.0 Å². The van der Waals surface area contributed by atoms with Crippen LogP contribution in [0.25, 0.3) is 0 Å². The molecule has 0 saturated carbocycles. The van der Waals surface area contributed by atoms with E-state index in [0.717, 1.165) is 13.1 Å². The Kier molecular flexibility index (Phi) is 4.16. The summed E-state index contributed by atoms with van der Waals surface area (Å²) in [4.78, 5) is 2.44. The molecule has 0 amide bonds. The van der Waals surface area contributed by atoms with Gasteiger partial charge in [0.25, 0.3) is 0 Å². The molecular formula is C10H21NO2. The zero-order valence-electron chi connectivity index (χ0n) is 9.12. The molecule has 0 radical (unpaired) electrons. The van der Waals surface area contributed by atoms with Crippen molar-refractivity contribution in [2.75, 3.05) is 26.8 Å². The largest absolute Gasteiger partial charge is 0.382 e. The second-order valence-electron chi connectivity index (χ2n) is 4.07. The van der Waals surface area contributed by atoms with E-state index in [0.29, 0.717) is 18.8 Å². The van der Waals surface area contributed by atoms with Gasteiger partial charge in [-0.1, -0.05) is 0 Å². The second-order valence-corrected chi connectivity index (χ2v) is 4.07. The van der Waals surface area contributed by atoms with Crippen LogP contribution in [0.2, 0.25) is 0 Å². The third kappa shape index (κ3) is 3.25. The number of nitrogens with zero attached hydrogens (tertiary/aromatic N) is 1. The summed E-state index contributed by atoms with van der Waals surface area (Å²) in [5, 5.41) is 0. The highest BCUT2D eigenvalue weighted by Crippen LogP contribution is 2.13. The molecule has 0 aromatic carbocycles. The van der Waals surface area contributed by atoms with Gasteiger partial charge in [0.2, 0.25) is 0 Å². The number of hydrogen-bond acceptors (Lipinski definition) is 3. The molecule has 3 nitrogen and oxygen atoms in total. The Morgan fingerprint density at radius 3 is 2.69 bits per heavy atom. The lowest BCUT2D eigenvalue weighted by Crippen LogP contribution is -2.50. The molecule has 1 rings (SSSR count). The number of morpholine rings is 1. The summed E-state index contributed by atoms with van der Waals surface area (Å²) in [5.74, 6) is 0. The van der Waals surface area contributed by atoms with Crippen molar-refractivity contribution < 1.29 is 9.47 Å². The summed E-state index contributed by atoms with van der Waals surface area (Å²) >= 11 is 0. The number of methoxy groups -OCH3 is 1. The predicted octanol–water partition coefficient (Wildman–Crippen LogP) is 1.13. The van der Waals surface area contributed by atoms with Crippen molar-refractivity contribution in [2.24, 2.45) is 0 Å². The van der Waals surface area contributed by atoms with Gasteiger partial charge >= 0.3 is 0 Å². The van der Waals surface area contributed by atoms with Crippen molar-refractivity contribution in [1.29, 1.82) is 0 Å². The highest BCUT2D eigenvalue weighted by atomic mass is 16.5. The smallest absolute Gasteiger partial charge is 0.0939 e. The molecule has 13 heavy (non-hydrogen) atoms. The van der Waals surface area contributed by atoms with Gasteiger partial charge in [-0.2, -0.15) is 0 Å². The number of ether oxygens (including phenoxy) is 2. The van der Waals surface area contributed by atoms with E-state index in [-0.39, 0.29) is 6.10 Å². The lowest BCUT2D eigenvalue weighted by molar-refractivity contribution is -0.107. The minimum atomic E-state index is 0.246. The van der Waals surface area contributed by atoms with Crippen molar-refractivity contribution in [3.05, 3.63) is 0 Å². The van der Waals surface area contributed by atoms with Crippen LogP contribution in [0.3, 0.4) is 0 Å². The highest BCUT2D eigenvalue weighted by Gasteiger charge is 2.26. The van der Waals surface area contributed by atoms with Gasteiger partial charge in [-0.3, -0.25) is 4.90 Å². The summed E-state index contributed by atoms with van der Waals surface area (Å²) in [5.41, 5.74) is 0. The lowest BCUT2D eigenvalue weighted by atomic mass is 10.2. The SMILES string of the molecule is COC[C@H]1CN(C(C)C)C[C@@H](C)O1. The molecule has 0 unspecified atom stereocenters. The highest BCUT2D eigenvalue weighted by molar-refractivity contribution is 4.77. The molecule has 1 fully saturated rings. The average molecular weight is 187 g/mol. The normalized spacial score (nSPS) is 31.2. The van der Waals surface area contributed by atoms with E-state index in [2.05, 4.69) is 25.7 Å². The maximum absolute atomic E-state index is 5.74. The fourth-order valence-corrected chi connectivity index (χ4v) is 1.78. The molecule has 1 aliphatic heterocycles. The topological polar surface area (TPSA) is 21.7 Å². The van der Waals surface area contributed by atoms with Gasteiger partial charge in [0.15, 0.2) is 0 Å². The van der Waals surface area contributed by atoms with E-state index in [4.69, 9.17) is 9.47 Å². The second kappa shape index (κ2) is 4.94. The maximum Gasteiger partial charge on any atom is 0.0939 e. The Morgan fingerprint density at radius 1 is 1.46 bits per heavy atom. The summed E-state index contributed by atoms with van der Waals surface area (Å²) in [6.45, 7) is 9.31. The van der Waals surface area contributed by atoms with Crippen LogP contribution in [-0.4, -0.2) is 50.0 Å². The average Bonchev–Trinajstić information content (AvgIpc) is 2.03. The van der Waals surface area contributed by atoms with Gasteiger partial charge in [0.1, 0.15) is 0 Å². The molecule has 0 aliphatic carbocycles. The standard InChI is InChI=1S/C10H21NO2/c1-8(2)11-5-9(3)13-10(6-11)7-12-4/h8-10H,5-7H2,1-4H3/t9-,10-/m1/s1. The first kappa shape index (κ1) is 11.0. The summed E-state index contributed by atoms with van der Waals surface area (Å²) in [7, 11) is 1.72. The van der Waals surface area contributed by atoms with Crippen LogP contribution in [-0.2, 0) is 9.47 Å². The molecular weight excluding hydrogens is 166 g/mol. The minimum Gasteiger partial charge on any atom is -0.382 e. The fraction of sp³-hybridized carbons (Fsp3) is 1.00. The van der Waals surface area contributed by atoms with E-state index in [9.17, 15) is 0 Å². The zero-order chi connectivity index (χ0) is 9.84. The molecule has 0 aromatic rings. The summed E-state index contributed by atoms with van der Waals surface area (Å²) in [6.07, 6.45) is 0.576. The third-order valence-electron chi connectivity index (χ3n) is 2.44. The Hall–Kier alpha value is -0.120. The van der Waals surface area contributed by atoms with Gasteiger partial charge < -0.3 is 9.47 Å². The minimum absolute atomic E-state index is 0.246. The van der Waals surface area contributed by atoms with Crippen molar-refractivity contribution in [3.8, 4) is 0 Å². The first-order valence-corrected chi connectivity index (χ1v) is 5.02. The van der Waals surface area contributed by atoms with Gasteiger partial charge in [0.05, 0.1) is 18.8 Å². The fourth-order valence-electron chi connectivity index (χ4n) is 1.78. The quantitative estimate of drug-likeness (QED) is 0.661. The molecule has 0 spiro atoms. The van der Waals surface area contributed by atoms with Crippen molar-refractivity contribution in [1.82, 2.24) is 4.90 Å². The van der Waals surface area contributed by atoms with Crippen LogP contribution in [0.4, 0.5) is 0 Å². The Bertz CT molecular complexity index is 150. The van der Waals surface area contributed by atoms with E-state index in [1.54, 1.807) is 7.11 Å². The molecule has 3 heteroatoms. The van der Waals surface area contributed by atoms with E-state index < -0.39 is 0 Å². The maximum atomic E-state index is 5.74. The molecule has 1 saturated heterocycles. The van der Waals surface area contributed by atoms with E-state index in [1.165, 1.54) is 0 Å². The van der Waals surface area contributed by atoms with Gasteiger partial charge in [-0.25, -0.2) is 0 Å². The van der Waals surface area contributed by atoms with E-state index >= 15 is 0 Å². The van der Waals surface area contributed by atoms with Gasteiger partial charge in [-0.15, -0.1) is 0 Å². The first-order chi connectivity index (χ1) is 6.13. The monoisotopic (exact) mass is 187 g/mol. The zero-order valence-corrected chi connectivity index (χ0v) is 9.12. The molecule has 78 valence electrons. The molecule has 1 aliphatic rings. The van der Waals surface area contributed by atoms with Crippen LogP contribution in [0.1, 0.15) is 20.8 Å². The van der Waals surface area contributed by atoms with Crippen molar-refractivity contribution >= 4 is 0 Å². The molecule has 0 bridgehead atoms. The van der Waals surface area contributed by atoms with Crippen LogP contribution < -0.4 is 0 Å². The lowest BCUT2D eigenvalue weighted by Gasteiger charge is -2.38. The molecule has 0 N–H and O–H groups in total. The molecule has 1 heterocycles. The summed E-state index contributed by atoms with van der Waals surface area (Å²) in [6, 6.07) is 0.603. The van der Waals surface area contributed by atoms with Crippen molar-refractivity contribution in [3.63, 3.8) is 0 Å². The molecule has 0 aromatic heterocycles. The predicted molar refractivity (Wildman–Crippen MR) is 52.9 cm³/mol. The van der Waals surface area contributed by atoms with Gasteiger partial charge in [-0.05, 0) is 20.8 Å². The van der Waals surface area contributed by atoms with Crippen LogP contribution in [0.5, 0.6) is 0 Å². The Balaban J connectivity index is 2.42. The number of rotatable bonds is 3. The van der Waals surface area contributed by atoms with Gasteiger partial charge in [0, 0.05) is 26.2 Å². The third-order valence-corrected chi connectivity index (χ3v) is 2.44. The van der Waals surface area contributed by atoms with Crippen molar-refractivity contribution in [2.45, 2.75) is 39.0 Å².